The van der Waals surface area contributed by atoms with Crippen molar-refractivity contribution in [1.82, 2.24) is 20.0 Å². The molecular formula is C28H34ClN5O2. The Morgan fingerprint density at radius 1 is 1.06 bits per heavy atom. The Morgan fingerprint density at radius 2 is 1.78 bits per heavy atom. The fourth-order valence-corrected chi connectivity index (χ4v) is 4.71. The van der Waals surface area contributed by atoms with Crippen molar-refractivity contribution >= 4 is 29.4 Å². The summed E-state index contributed by atoms with van der Waals surface area (Å²) in [5.41, 5.74) is 2.30. The van der Waals surface area contributed by atoms with Crippen molar-refractivity contribution in [3.8, 4) is 16.9 Å². The zero-order valence-electron chi connectivity index (χ0n) is 20.8. The van der Waals surface area contributed by atoms with Gasteiger partial charge in [0.05, 0.1) is 16.4 Å². The summed E-state index contributed by atoms with van der Waals surface area (Å²) in [4.78, 5) is 27.8. The molecular weight excluding hydrogens is 474 g/mol. The molecule has 2 aromatic carbocycles. The van der Waals surface area contributed by atoms with Crippen molar-refractivity contribution in [2.24, 2.45) is 0 Å². The number of nitrogens with one attached hydrogen (secondary N) is 2. The first-order chi connectivity index (χ1) is 17.5. The van der Waals surface area contributed by atoms with Crippen LogP contribution in [0.4, 0.5) is 10.6 Å². The molecule has 190 valence electrons. The van der Waals surface area contributed by atoms with E-state index in [-0.39, 0.29) is 24.5 Å². The van der Waals surface area contributed by atoms with Crippen molar-refractivity contribution in [2.45, 2.75) is 57.9 Å². The molecule has 4 rings (SSSR count). The standard InChI is InChI=1S/C28H34ClN5O2/c1-2-3-18-33(28(36)30-22-14-8-5-9-15-22)20-27(35)31-26-19-24(21-12-6-4-7-13-21)32-34(26)25-17-11-10-16-23(25)29/h4,6-7,10-13,16-17,19,22H,2-3,5,8-9,14-15,18,20H2,1H3,(H,30,36)(H,31,35). The molecule has 1 aliphatic rings. The zero-order chi connectivity index (χ0) is 25.3. The number of urea groups is 1. The largest absolute Gasteiger partial charge is 0.335 e. The molecule has 36 heavy (non-hydrogen) atoms. The number of hydrogen-bond acceptors (Lipinski definition) is 3. The number of benzene rings is 2. The van der Waals surface area contributed by atoms with Crippen molar-refractivity contribution in [3.63, 3.8) is 0 Å². The van der Waals surface area contributed by atoms with Crippen LogP contribution in [0.2, 0.25) is 5.02 Å². The predicted molar refractivity (Wildman–Crippen MR) is 145 cm³/mol. The quantitative estimate of drug-likeness (QED) is 0.358. The maximum atomic E-state index is 13.2. The summed E-state index contributed by atoms with van der Waals surface area (Å²) >= 11 is 6.46. The molecule has 0 aliphatic heterocycles. The van der Waals surface area contributed by atoms with E-state index in [0.29, 0.717) is 28.8 Å². The summed E-state index contributed by atoms with van der Waals surface area (Å²) in [5, 5.41) is 11.4. The van der Waals surface area contributed by atoms with E-state index in [9.17, 15) is 9.59 Å². The highest BCUT2D eigenvalue weighted by Gasteiger charge is 2.23. The lowest BCUT2D eigenvalue weighted by molar-refractivity contribution is -0.116. The Morgan fingerprint density at radius 3 is 2.50 bits per heavy atom. The van der Waals surface area contributed by atoms with Crippen LogP contribution in [0.25, 0.3) is 16.9 Å². The van der Waals surface area contributed by atoms with E-state index < -0.39 is 0 Å². The average Bonchev–Trinajstić information content (AvgIpc) is 3.31. The van der Waals surface area contributed by atoms with Gasteiger partial charge in [-0.15, -0.1) is 0 Å². The van der Waals surface area contributed by atoms with Gasteiger partial charge in [-0.1, -0.05) is 86.7 Å². The van der Waals surface area contributed by atoms with Gasteiger partial charge in [0.1, 0.15) is 12.4 Å². The van der Waals surface area contributed by atoms with Gasteiger partial charge in [0, 0.05) is 24.2 Å². The van der Waals surface area contributed by atoms with E-state index >= 15 is 0 Å². The smallest absolute Gasteiger partial charge is 0.318 e. The molecule has 2 N–H and O–H groups in total. The van der Waals surface area contributed by atoms with Crippen molar-refractivity contribution in [1.29, 1.82) is 0 Å². The summed E-state index contributed by atoms with van der Waals surface area (Å²) in [6.07, 6.45) is 7.26. The Kier molecular flexibility index (Phi) is 9.01. The molecule has 0 saturated heterocycles. The van der Waals surface area contributed by atoms with E-state index in [0.717, 1.165) is 44.1 Å². The monoisotopic (exact) mass is 507 g/mol. The highest BCUT2D eigenvalue weighted by atomic mass is 35.5. The maximum Gasteiger partial charge on any atom is 0.318 e. The Balaban J connectivity index is 1.53. The third-order valence-corrected chi connectivity index (χ3v) is 6.78. The Labute approximate surface area is 217 Å². The lowest BCUT2D eigenvalue weighted by Crippen LogP contribution is -2.48. The lowest BCUT2D eigenvalue weighted by Gasteiger charge is -2.28. The molecule has 3 amide bonds. The lowest BCUT2D eigenvalue weighted by atomic mass is 9.96. The molecule has 1 heterocycles. The molecule has 0 spiro atoms. The molecule has 1 aromatic heterocycles. The normalized spacial score (nSPS) is 13.8. The van der Waals surface area contributed by atoms with Gasteiger partial charge in [-0.3, -0.25) is 4.79 Å². The Bertz CT molecular complexity index is 1160. The number of unbranched alkanes of at least 4 members (excludes halogenated alkanes) is 1. The summed E-state index contributed by atoms with van der Waals surface area (Å²) < 4.78 is 1.64. The zero-order valence-corrected chi connectivity index (χ0v) is 21.5. The Hall–Kier alpha value is -3.32. The molecule has 0 unspecified atom stereocenters. The molecule has 0 radical (unpaired) electrons. The molecule has 7 nitrogen and oxygen atoms in total. The fourth-order valence-electron chi connectivity index (χ4n) is 4.50. The van der Waals surface area contributed by atoms with Crippen molar-refractivity contribution in [3.05, 3.63) is 65.7 Å². The highest BCUT2D eigenvalue weighted by Crippen LogP contribution is 2.28. The third kappa shape index (κ3) is 6.66. The van der Waals surface area contributed by atoms with E-state index in [1.165, 1.54) is 6.42 Å². The molecule has 1 fully saturated rings. The first-order valence-corrected chi connectivity index (χ1v) is 13.2. The fraction of sp³-hybridized carbons (Fsp3) is 0.393. The van der Waals surface area contributed by atoms with Gasteiger partial charge < -0.3 is 15.5 Å². The minimum atomic E-state index is -0.280. The summed E-state index contributed by atoms with van der Waals surface area (Å²) in [6.45, 7) is 2.57. The van der Waals surface area contributed by atoms with Crippen molar-refractivity contribution < 1.29 is 9.59 Å². The first-order valence-electron chi connectivity index (χ1n) is 12.8. The molecule has 1 saturated carbocycles. The molecule has 3 aromatic rings. The topological polar surface area (TPSA) is 79.3 Å². The van der Waals surface area contributed by atoms with E-state index in [2.05, 4.69) is 17.6 Å². The number of hydrogen-bond donors (Lipinski definition) is 2. The van der Waals surface area contributed by atoms with Crippen LogP contribution in [0.15, 0.2) is 60.7 Å². The van der Waals surface area contributed by atoms with Gasteiger partial charge in [0.15, 0.2) is 0 Å². The summed E-state index contributed by atoms with van der Waals surface area (Å²) in [7, 11) is 0. The number of aromatic nitrogens is 2. The van der Waals surface area contributed by atoms with Crippen LogP contribution in [-0.2, 0) is 4.79 Å². The van der Waals surface area contributed by atoms with Crippen LogP contribution in [-0.4, -0.2) is 45.8 Å². The number of para-hydroxylation sites is 1. The van der Waals surface area contributed by atoms with Crippen LogP contribution in [0.3, 0.4) is 0 Å². The van der Waals surface area contributed by atoms with Crippen LogP contribution >= 0.6 is 11.6 Å². The summed E-state index contributed by atoms with van der Waals surface area (Å²) in [5.74, 6) is 0.216. The van der Waals surface area contributed by atoms with Crippen LogP contribution in [0, 0.1) is 0 Å². The second-order valence-corrected chi connectivity index (χ2v) is 9.66. The van der Waals surface area contributed by atoms with E-state index in [1.807, 2.05) is 54.6 Å². The van der Waals surface area contributed by atoms with E-state index in [1.54, 1.807) is 15.6 Å². The van der Waals surface area contributed by atoms with Crippen LogP contribution < -0.4 is 10.6 Å². The van der Waals surface area contributed by atoms with E-state index in [4.69, 9.17) is 16.7 Å². The molecule has 1 aliphatic carbocycles. The van der Waals surface area contributed by atoms with Gasteiger partial charge in [-0.25, -0.2) is 9.48 Å². The summed E-state index contributed by atoms with van der Waals surface area (Å²) in [6, 6.07) is 19.0. The number of halogens is 1. The number of carbonyl (C=O) groups excluding carboxylic acids is 2. The second-order valence-electron chi connectivity index (χ2n) is 9.25. The van der Waals surface area contributed by atoms with Gasteiger partial charge in [0.2, 0.25) is 5.91 Å². The number of anilines is 1. The number of rotatable bonds is 9. The predicted octanol–water partition coefficient (Wildman–Crippen LogP) is 6.28. The third-order valence-electron chi connectivity index (χ3n) is 6.46. The minimum Gasteiger partial charge on any atom is -0.335 e. The second kappa shape index (κ2) is 12.6. The minimum absolute atomic E-state index is 0.0348. The maximum absolute atomic E-state index is 13.2. The SMILES string of the molecule is CCCCN(CC(=O)Nc1cc(-c2ccccc2)nn1-c1ccccc1Cl)C(=O)NC1CCCCC1. The van der Waals surface area contributed by atoms with Gasteiger partial charge in [-0.05, 0) is 31.4 Å². The first kappa shape index (κ1) is 25.8. The van der Waals surface area contributed by atoms with Crippen LogP contribution in [0.5, 0.6) is 0 Å². The van der Waals surface area contributed by atoms with Gasteiger partial charge in [-0.2, -0.15) is 5.10 Å². The van der Waals surface area contributed by atoms with Crippen LogP contribution in [0.1, 0.15) is 51.9 Å². The number of amides is 3. The molecule has 8 heteroatoms. The number of nitrogens with zero attached hydrogens (tertiary/aromatic N) is 3. The average molecular weight is 508 g/mol. The molecule has 0 bridgehead atoms. The number of carbonyl (C=O) groups is 2. The highest BCUT2D eigenvalue weighted by molar-refractivity contribution is 6.32. The van der Waals surface area contributed by atoms with Gasteiger partial charge in [0.25, 0.3) is 0 Å². The molecule has 0 atom stereocenters. The van der Waals surface area contributed by atoms with Gasteiger partial charge >= 0.3 is 6.03 Å². The van der Waals surface area contributed by atoms with Crippen molar-refractivity contribution in [2.75, 3.05) is 18.4 Å².